The molecule has 1 aromatic heterocycles. The summed E-state index contributed by atoms with van der Waals surface area (Å²) >= 11 is 0. The van der Waals surface area contributed by atoms with Crippen molar-refractivity contribution in [2.24, 2.45) is 0 Å². The molecular weight excluding hydrogens is 350 g/mol. The molecule has 0 fully saturated rings. The molecule has 0 saturated heterocycles. The van der Waals surface area contributed by atoms with Crippen molar-refractivity contribution in [2.45, 2.75) is 13.0 Å². The standard InChI is InChI=1S/C20H16F2N4O/c21-15-6-4-13(5-7-15)19-23-11-14-12-26(9-8-18(14)25-19)20(27)24-17-3-1-2-16(22)10-17/h1-7,10-11H,8-9,12H2,(H,24,27). The molecule has 1 aliphatic rings. The molecule has 136 valence electrons. The van der Waals surface area contributed by atoms with Gasteiger partial charge in [-0.05, 0) is 42.5 Å². The van der Waals surface area contributed by atoms with Gasteiger partial charge in [-0.2, -0.15) is 0 Å². The fraction of sp³-hybridized carbons (Fsp3) is 0.150. The van der Waals surface area contributed by atoms with E-state index in [4.69, 9.17) is 0 Å². The Morgan fingerprint density at radius 2 is 1.89 bits per heavy atom. The summed E-state index contributed by atoms with van der Waals surface area (Å²) in [5, 5.41) is 2.70. The second-order valence-corrected chi connectivity index (χ2v) is 6.28. The molecule has 0 bridgehead atoms. The number of carbonyl (C=O) groups excluding carboxylic acids is 1. The van der Waals surface area contributed by atoms with Crippen LogP contribution < -0.4 is 5.32 Å². The van der Waals surface area contributed by atoms with Crippen LogP contribution in [0.5, 0.6) is 0 Å². The van der Waals surface area contributed by atoms with Crippen molar-refractivity contribution < 1.29 is 13.6 Å². The summed E-state index contributed by atoms with van der Waals surface area (Å²) < 4.78 is 26.3. The van der Waals surface area contributed by atoms with Crippen molar-refractivity contribution in [3.8, 4) is 11.4 Å². The number of urea groups is 1. The number of nitrogens with zero attached hydrogens (tertiary/aromatic N) is 3. The Balaban J connectivity index is 1.48. The van der Waals surface area contributed by atoms with E-state index in [-0.39, 0.29) is 11.8 Å². The fourth-order valence-electron chi connectivity index (χ4n) is 3.00. The number of aromatic nitrogens is 2. The molecule has 0 atom stereocenters. The van der Waals surface area contributed by atoms with Crippen LogP contribution in [-0.2, 0) is 13.0 Å². The Hall–Kier alpha value is -3.35. The van der Waals surface area contributed by atoms with Crippen molar-refractivity contribution in [1.82, 2.24) is 14.9 Å². The number of rotatable bonds is 2. The summed E-state index contributed by atoms with van der Waals surface area (Å²) in [7, 11) is 0. The molecule has 1 N–H and O–H groups in total. The lowest BCUT2D eigenvalue weighted by atomic mass is 10.1. The monoisotopic (exact) mass is 366 g/mol. The van der Waals surface area contributed by atoms with E-state index in [0.717, 1.165) is 16.8 Å². The fourth-order valence-corrected chi connectivity index (χ4v) is 3.00. The number of hydrogen-bond acceptors (Lipinski definition) is 3. The van der Waals surface area contributed by atoms with Gasteiger partial charge in [-0.25, -0.2) is 23.5 Å². The molecule has 27 heavy (non-hydrogen) atoms. The number of amides is 2. The van der Waals surface area contributed by atoms with Gasteiger partial charge in [0.25, 0.3) is 0 Å². The number of hydrogen-bond donors (Lipinski definition) is 1. The topological polar surface area (TPSA) is 58.1 Å². The highest BCUT2D eigenvalue weighted by molar-refractivity contribution is 5.89. The number of fused-ring (bicyclic) bond motifs is 1. The van der Waals surface area contributed by atoms with Crippen LogP contribution in [0, 0.1) is 11.6 Å². The molecule has 2 amide bonds. The van der Waals surface area contributed by atoms with Gasteiger partial charge in [0.2, 0.25) is 0 Å². The van der Waals surface area contributed by atoms with Gasteiger partial charge in [0, 0.05) is 36.0 Å². The van der Waals surface area contributed by atoms with Crippen LogP contribution in [0.2, 0.25) is 0 Å². The van der Waals surface area contributed by atoms with Gasteiger partial charge < -0.3 is 10.2 Å². The Morgan fingerprint density at radius 1 is 1.07 bits per heavy atom. The number of halogens is 2. The number of carbonyl (C=O) groups is 1. The number of nitrogens with one attached hydrogen (secondary N) is 1. The minimum Gasteiger partial charge on any atom is -0.320 e. The van der Waals surface area contributed by atoms with Gasteiger partial charge >= 0.3 is 6.03 Å². The summed E-state index contributed by atoms with van der Waals surface area (Å²) in [6, 6.07) is 11.5. The van der Waals surface area contributed by atoms with Crippen molar-refractivity contribution in [1.29, 1.82) is 0 Å². The van der Waals surface area contributed by atoms with Crippen LogP contribution >= 0.6 is 0 Å². The maximum atomic E-state index is 13.3. The minimum absolute atomic E-state index is 0.297. The Labute approximate surface area is 154 Å². The lowest BCUT2D eigenvalue weighted by molar-refractivity contribution is 0.206. The maximum absolute atomic E-state index is 13.3. The first kappa shape index (κ1) is 17.1. The molecule has 3 aromatic rings. The van der Waals surface area contributed by atoms with Gasteiger partial charge in [-0.15, -0.1) is 0 Å². The molecule has 2 heterocycles. The summed E-state index contributed by atoms with van der Waals surface area (Å²) in [5.41, 5.74) is 2.89. The Morgan fingerprint density at radius 3 is 2.67 bits per heavy atom. The minimum atomic E-state index is -0.404. The molecule has 0 aliphatic carbocycles. The maximum Gasteiger partial charge on any atom is 0.322 e. The van der Waals surface area contributed by atoms with E-state index >= 15 is 0 Å². The van der Waals surface area contributed by atoms with Crippen LogP contribution in [0.3, 0.4) is 0 Å². The van der Waals surface area contributed by atoms with E-state index < -0.39 is 5.82 Å². The van der Waals surface area contributed by atoms with E-state index in [9.17, 15) is 13.6 Å². The second kappa shape index (κ2) is 7.11. The van der Waals surface area contributed by atoms with Crippen LogP contribution in [0.4, 0.5) is 19.3 Å². The molecule has 0 spiro atoms. The zero-order chi connectivity index (χ0) is 18.8. The van der Waals surface area contributed by atoms with Crippen molar-refractivity contribution in [3.63, 3.8) is 0 Å². The molecule has 2 aromatic carbocycles. The Bertz CT molecular complexity index is 992. The van der Waals surface area contributed by atoms with E-state index in [0.29, 0.717) is 31.0 Å². The molecule has 4 rings (SSSR count). The Kier molecular flexibility index (Phi) is 4.50. The third kappa shape index (κ3) is 3.76. The van der Waals surface area contributed by atoms with Gasteiger partial charge in [0.05, 0.1) is 12.2 Å². The average Bonchev–Trinajstić information content (AvgIpc) is 2.68. The van der Waals surface area contributed by atoms with Gasteiger partial charge in [0.1, 0.15) is 11.6 Å². The first-order valence-electron chi connectivity index (χ1n) is 8.51. The van der Waals surface area contributed by atoms with Crippen molar-refractivity contribution in [3.05, 3.63) is 77.6 Å². The predicted molar refractivity (Wildman–Crippen MR) is 97.0 cm³/mol. The zero-order valence-corrected chi connectivity index (χ0v) is 14.3. The van der Waals surface area contributed by atoms with Crippen LogP contribution in [0.25, 0.3) is 11.4 Å². The number of anilines is 1. The molecule has 0 radical (unpaired) electrons. The normalized spacial score (nSPS) is 13.2. The van der Waals surface area contributed by atoms with E-state index in [1.54, 1.807) is 35.4 Å². The first-order chi connectivity index (χ1) is 13.1. The number of benzene rings is 2. The van der Waals surface area contributed by atoms with E-state index in [2.05, 4.69) is 15.3 Å². The van der Waals surface area contributed by atoms with Gasteiger partial charge in [0.15, 0.2) is 5.82 Å². The quantitative estimate of drug-likeness (QED) is 0.745. The first-order valence-corrected chi connectivity index (χ1v) is 8.51. The SMILES string of the molecule is O=C(Nc1cccc(F)c1)N1CCc2nc(-c3ccc(F)cc3)ncc2C1. The second-order valence-electron chi connectivity index (χ2n) is 6.28. The zero-order valence-electron chi connectivity index (χ0n) is 14.3. The van der Waals surface area contributed by atoms with Crippen LogP contribution in [0.1, 0.15) is 11.3 Å². The van der Waals surface area contributed by atoms with Crippen molar-refractivity contribution >= 4 is 11.7 Å². The largest absolute Gasteiger partial charge is 0.322 e. The lowest BCUT2D eigenvalue weighted by Crippen LogP contribution is -2.39. The smallest absolute Gasteiger partial charge is 0.320 e. The highest BCUT2D eigenvalue weighted by atomic mass is 19.1. The molecular formula is C20H16F2N4O. The van der Waals surface area contributed by atoms with E-state index in [1.165, 1.54) is 24.3 Å². The third-order valence-electron chi connectivity index (χ3n) is 4.40. The molecule has 1 aliphatic heterocycles. The van der Waals surface area contributed by atoms with E-state index in [1.807, 2.05) is 0 Å². The molecule has 0 saturated carbocycles. The summed E-state index contributed by atoms with van der Waals surface area (Å²) in [6.07, 6.45) is 2.28. The highest BCUT2D eigenvalue weighted by Crippen LogP contribution is 2.22. The van der Waals surface area contributed by atoms with Crippen LogP contribution in [0.15, 0.2) is 54.7 Å². The van der Waals surface area contributed by atoms with Crippen LogP contribution in [-0.4, -0.2) is 27.4 Å². The molecule has 0 unspecified atom stereocenters. The predicted octanol–water partition coefficient (Wildman–Crippen LogP) is 4.01. The van der Waals surface area contributed by atoms with Gasteiger partial charge in [-0.1, -0.05) is 6.07 Å². The van der Waals surface area contributed by atoms with Gasteiger partial charge in [-0.3, -0.25) is 0 Å². The molecule has 7 heteroatoms. The third-order valence-corrected chi connectivity index (χ3v) is 4.40. The summed E-state index contributed by atoms with van der Waals surface area (Å²) in [6.45, 7) is 0.869. The highest BCUT2D eigenvalue weighted by Gasteiger charge is 2.22. The lowest BCUT2D eigenvalue weighted by Gasteiger charge is -2.28. The summed E-state index contributed by atoms with van der Waals surface area (Å²) in [5.74, 6) is -0.179. The average molecular weight is 366 g/mol. The molecule has 5 nitrogen and oxygen atoms in total. The summed E-state index contributed by atoms with van der Waals surface area (Å²) in [4.78, 5) is 23.0. The van der Waals surface area contributed by atoms with Crippen molar-refractivity contribution in [2.75, 3.05) is 11.9 Å².